The summed E-state index contributed by atoms with van der Waals surface area (Å²) in [6.07, 6.45) is 0. The summed E-state index contributed by atoms with van der Waals surface area (Å²) in [4.78, 5) is 16.7. The minimum absolute atomic E-state index is 0.0479. The molecule has 5 nitrogen and oxygen atoms in total. The smallest absolute Gasteiger partial charge is 0.254 e. The zero-order chi connectivity index (χ0) is 14.7. The fraction of sp³-hybridized carbons (Fsp3) is 0.533. The number of carbonyl (C=O) groups is 1. The van der Waals surface area contributed by atoms with Crippen LogP contribution in [-0.4, -0.2) is 55.0 Å². The van der Waals surface area contributed by atoms with E-state index in [0.29, 0.717) is 23.0 Å². The van der Waals surface area contributed by atoms with Crippen molar-refractivity contribution >= 4 is 11.6 Å². The van der Waals surface area contributed by atoms with E-state index in [9.17, 15) is 4.79 Å². The molecule has 1 aromatic rings. The number of hydrogen-bond acceptors (Lipinski definition) is 4. The molecule has 110 valence electrons. The molecule has 1 fully saturated rings. The molecule has 0 radical (unpaired) electrons. The van der Waals surface area contributed by atoms with Crippen LogP contribution in [0.5, 0.6) is 5.75 Å². The zero-order valence-electron chi connectivity index (χ0n) is 12.4. The van der Waals surface area contributed by atoms with Crippen LogP contribution in [0.1, 0.15) is 24.2 Å². The maximum atomic E-state index is 12.5. The van der Waals surface area contributed by atoms with Gasteiger partial charge in [-0.1, -0.05) is 0 Å². The molecule has 0 aliphatic carbocycles. The van der Waals surface area contributed by atoms with Crippen molar-refractivity contribution in [2.45, 2.75) is 19.9 Å². The van der Waals surface area contributed by atoms with Crippen LogP contribution in [0.15, 0.2) is 18.2 Å². The van der Waals surface area contributed by atoms with Gasteiger partial charge in [0.1, 0.15) is 5.75 Å². The van der Waals surface area contributed by atoms with Crippen LogP contribution in [0, 0.1) is 0 Å². The lowest BCUT2D eigenvalue weighted by Crippen LogP contribution is -2.50. The van der Waals surface area contributed by atoms with Crippen LogP contribution in [0.25, 0.3) is 0 Å². The van der Waals surface area contributed by atoms with Crippen molar-refractivity contribution in [3.05, 3.63) is 23.8 Å². The molecule has 1 aromatic carbocycles. The van der Waals surface area contributed by atoms with Crippen molar-refractivity contribution in [1.82, 2.24) is 9.80 Å². The Morgan fingerprint density at radius 1 is 1.25 bits per heavy atom. The summed E-state index contributed by atoms with van der Waals surface area (Å²) in [7, 11) is 1.56. The molecule has 0 bridgehead atoms. The highest BCUT2D eigenvalue weighted by Crippen LogP contribution is 2.23. The molecule has 2 N–H and O–H groups in total. The lowest BCUT2D eigenvalue weighted by molar-refractivity contribution is 0.0595. The van der Waals surface area contributed by atoms with Gasteiger partial charge in [0.05, 0.1) is 12.8 Å². The summed E-state index contributed by atoms with van der Waals surface area (Å²) in [6.45, 7) is 7.75. The van der Waals surface area contributed by atoms with E-state index in [0.717, 1.165) is 26.2 Å². The standard InChI is InChI=1S/C15H23N3O2/c1-11(2)17-6-8-18(9-7-17)15(19)12-4-5-13(16)14(10-12)20-3/h4-5,10-11H,6-9,16H2,1-3H3. The van der Waals surface area contributed by atoms with Gasteiger partial charge in [0, 0.05) is 37.8 Å². The molecule has 0 aromatic heterocycles. The number of benzene rings is 1. The Bertz CT molecular complexity index is 480. The highest BCUT2D eigenvalue weighted by Gasteiger charge is 2.23. The van der Waals surface area contributed by atoms with E-state index in [1.165, 1.54) is 0 Å². The second-order valence-corrected chi connectivity index (χ2v) is 5.38. The van der Waals surface area contributed by atoms with E-state index in [2.05, 4.69) is 18.7 Å². The van der Waals surface area contributed by atoms with Crippen molar-refractivity contribution in [3.63, 3.8) is 0 Å². The van der Waals surface area contributed by atoms with Gasteiger partial charge < -0.3 is 15.4 Å². The molecular formula is C15H23N3O2. The van der Waals surface area contributed by atoms with Gasteiger partial charge in [-0.15, -0.1) is 0 Å². The average Bonchev–Trinajstić information content (AvgIpc) is 2.47. The number of nitrogens with two attached hydrogens (primary N) is 1. The minimum Gasteiger partial charge on any atom is -0.495 e. The van der Waals surface area contributed by atoms with Crippen LogP contribution >= 0.6 is 0 Å². The highest BCUT2D eigenvalue weighted by molar-refractivity contribution is 5.95. The van der Waals surface area contributed by atoms with Crippen molar-refractivity contribution in [2.75, 3.05) is 39.0 Å². The van der Waals surface area contributed by atoms with Gasteiger partial charge in [0.25, 0.3) is 5.91 Å². The van der Waals surface area contributed by atoms with E-state index >= 15 is 0 Å². The molecule has 20 heavy (non-hydrogen) atoms. The number of piperazine rings is 1. The highest BCUT2D eigenvalue weighted by atomic mass is 16.5. The van der Waals surface area contributed by atoms with Crippen LogP contribution in [0.2, 0.25) is 0 Å². The number of nitrogen functional groups attached to an aromatic ring is 1. The SMILES string of the molecule is COc1cc(C(=O)N2CCN(C(C)C)CC2)ccc1N. The lowest BCUT2D eigenvalue weighted by atomic mass is 10.1. The topological polar surface area (TPSA) is 58.8 Å². The Labute approximate surface area is 120 Å². The summed E-state index contributed by atoms with van der Waals surface area (Å²) < 4.78 is 5.17. The number of anilines is 1. The fourth-order valence-electron chi connectivity index (χ4n) is 2.47. The van der Waals surface area contributed by atoms with E-state index in [1.54, 1.807) is 25.3 Å². The maximum absolute atomic E-state index is 12.5. The molecule has 2 rings (SSSR count). The largest absolute Gasteiger partial charge is 0.495 e. The monoisotopic (exact) mass is 277 g/mol. The molecule has 0 atom stereocenters. The lowest BCUT2D eigenvalue weighted by Gasteiger charge is -2.37. The Kier molecular flexibility index (Phi) is 4.49. The Hall–Kier alpha value is -1.75. The molecule has 1 aliphatic heterocycles. The van der Waals surface area contributed by atoms with Crippen molar-refractivity contribution in [1.29, 1.82) is 0 Å². The molecular weight excluding hydrogens is 254 g/mol. The molecule has 0 spiro atoms. The third-order valence-electron chi connectivity index (χ3n) is 3.81. The van der Waals surface area contributed by atoms with Crippen LogP contribution in [0.4, 0.5) is 5.69 Å². The molecule has 0 saturated carbocycles. The molecule has 1 heterocycles. The van der Waals surface area contributed by atoms with Gasteiger partial charge in [-0.3, -0.25) is 9.69 Å². The molecule has 0 unspecified atom stereocenters. The van der Waals surface area contributed by atoms with Gasteiger partial charge in [-0.25, -0.2) is 0 Å². The number of methoxy groups -OCH3 is 1. The van der Waals surface area contributed by atoms with Gasteiger partial charge >= 0.3 is 0 Å². The Morgan fingerprint density at radius 3 is 2.45 bits per heavy atom. The molecule has 1 aliphatic rings. The number of nitrogens with zero attached hydrogens (tertiary/aromatic N) is 2. The maximum Gasteiger partial charge on any atom is 0.254 e. The number of carbonyl (C=O) groups excluding carboxylic acids is 1. The van der Waals surface area contributed by atoms with E-state index < -0.39 is 0 Å². The first kappa shape index (κ1) is 14.7. The third kappa shape index (κ3) is 3.04. The first-order chi connectivity index (χ1) is 9.52. The summed E-state index contributed by atoms with van der Waals surface area (Å²) in [6, 6.07) is 5.72. The van der Waals surface area contributed by atoms with Crippen LogP contribution < -0.4 is 10.5 Å². The number of ether oxygens (including phenoxy) is 1. The fourth-order valence-corrected chi connectivity index (χ4v) is 2.47. The van der Waals surface area contributed by atoms with Crippen LogP contribution in [-0.2, 0) is 0 Å². The predicted octanol–water partition coefficient (Wildman–Crippen LogP) is 1.44. The second kappa shape index (κ2) is 6.13. The molecule has 1 amide bonds. The summed E-state index contributed by atoms with van der Waals surface area (Å²) in [5, 5.41) is 0. The van der Waals surface area contributed by atoms with Gasteiger partial charge in [0.15, 0.2) is 0 Å². The predicted molar refractivity (Wildman–Crippen MR) is 80.0 cm³/mol. The summed E-state index contributed by atoms with van der Waals surface area (Å²) in [5.41, 5.74) is 6.96. The normalized spacial score (nSPS) is 16.5. The number of rotatable bonds is 3. The Balaban J connectivity index is 2.05. The minimum atomic E-state index is 0.0479. The Morgan fingerprint density at radius 2 is 1.90 bits per heavy atom. The molecule has 1 saturated heterocycles. The van der Waals surface area contributed by atoms with Crippen molar-refractivity contribution in [2.24, 2.45) is 0 Å². The first-order valence-electron chi connectivity index (χ1n) is 6.99. The summed E-state index contributed by atoms with van der Waals surface area (Å²) >= 11 is 0. The van der Waals surface area contributed by atoms with Crippen molar-refractivity contribution < 1.29 is 9.53 Å². The average molecular weight is 277 g/mol. The van der Waals surface area contributed by atoms with Crippen molar-refractivity contribution in [3.8, 4) is 5.75 Å². The van der Waals surface area contributed by atoms with Gasteiger partial charge in [-0.2, -0.15) is 0 Å². The zero-order valence-corrected chi connectivity index (χ0v) is 12.4. The quantitative estimate of drug-likeness (QED) is 0.849. The van der Waals surface area contributed by atoms with E-state index in [-0.39, 0.29) is 5.91 Å². The first-order valence-corrected chi connectivity index (χ1v) is 6.99. The number of amides is 1. The number of hydrogen-bond donors (Lipinski definition) is 1. The van der Waals surface area contributed by atoms with E-state index in [4.69, 9.17) is 10.5 Å². The van der Waals surface area contributed by atoms with E-state index in [1.807, 2.05) is 4.90 Å². The summed E-state index contributed by atoms with van der Waals surface area (Å²) in [5.74, 6) is 0.600. The van der Waals surface area contributed by atoms with Crippen LogP contribution in [0.3, 0.4) is 0 Å². The molecule has 5 heteroatoms. The second-order valence-electron chi connectivity index (χ2n) is 5.38. The third-order valence-corrected chi connectivity index (χ3v) is 3.81. The van der Waals surface area contributed by atoms with Gasteiger partial charge in [-0.05, 0) is 32.0 Å². The van der Waals surface area contributed by atoms with Gasteiger partial charge in [0.2, 0.25) is 0 Å².